The SMILES string of the molecule is c1ccc(-c2nc(-c3ccc4c(c3)oc3ccccc34)nc(-c3cc4c5ccccc5sc4c4c3ccc3ccccc34)n2)cc1. The molecule has 0 spiro atoms. The van der Waals surface area contributed by atoms with Crippen LogP contribution >= 0.6 is 11.3 Å². The lowest BCUT2D eigenvalue weighted by molar-refractivity contribution is 0.669. The molecule has 5 heteroatoms. The van der Waals surface area contributed by atoms with Crippen molar-refractivity contribution in [2.75, 3.05) is 0 Å². The Morgan fingerprint density at radius 1 is 0.435 bits per heavy atom. The second kappa shape index (κ2) is 9.80. The van der Waals surface area contributed by atoms with Gasteiger partial charge in [0.15, 0.2) is 17.5 Å². The predicted molar refractivity (Wildman–Crippen MR) is 191 cm³/mol. The number of nitrogens with zero attached hydrogens (tertiary/aromatic N) is 3. The number of rotatable bonds is 3. The van der Waals surface area contributed by atoms with Crippen molar-refractivity contribution < 1.29 is 4.42 Å². The number of benzene rings is 7. The normalized spacial score (nSPS) is 11.9. The van der Waals surface area contributed by atoms with E-state index in [0.29, 0.717) is 17.5 Å². The van der Waals surface area contributed by atoms with Crippen LogP contribution in [0.5, 0.6) is 0 Å². The van der Waals surface area contributed by atoms with Crippen LogP contribution in [0.15, 0.2) is 144 Å². The summed E-state index contributed by atoms with van der Waals surface area (Å²) in [6.45, 7) is 0. The second-order valence-electron chi connectivity index (χ2n) is 11.6. The lowest BCUT2D eigenvalue weighted by Crippen LogP contribution is -2.00. The summed E-state index contributed by atoms with van der Waals surface area (Å²) < 4.78 is 8.80. The van der Waals surface area contributed by atoms with Gasteiger partial charge in [-0.05, 0) is 46.5 Å². The Morgan fingerprint density at radius 3 is 2.00 bits per heavy atom. The molecule has 0 amide bonds. The van der Waals surface area contributed by atoms with Crippen LogP contribution in [0.3, 0.4) is 0 Å². The Kier molecular flexibility index (Phi) is 5.41. The third kappa shape index (κ3) is 3.82. The third-order valence-corrected chi connectivity index (χ3v) is 10.1. The zero-order valence-electron chi connectivity index (χ0n) is 24.4. The smallest absolute Gasteiger partial charge is 0.164 e. The van der Waals surface area contributed by atoms with Gasteiger partial charge in [0.25, 0.3) is 0 Å². The van der Waals surface area contributed by atoms with E-state index in [1.165, 1.54) is 36.3 Å². The molecule has 0 aliphatic heterocycles. The number of para-hydroxylation sites is 1. The molecule has 0 saturated carbocycles. The number of furan rings is 1. The molecule has 3 aromatic heterocycles. The van der Waals surface area contributed by atoms with Gasteiger partial charge in [-0.1, -0.05) is 109 Å². The summed E-state index contributed by atoms with van der Waals surface area (Å²) in [4.78, 5) is 15.4. The Morgan fingerprint density at radius 2 is 1.11 bits per heavy atom. The summed E-state index contributed by atoms with van der Waals surface area (Å²) in [5.74, 6) is 1.89. The van der Waals surface area contributed by atoms with Gasteiger partial charge in [-0.2, -0.15) is 0 Å². The van der Waals surface area contributed by atoms with Crippen molar-refractivity contribution in [2.45, 2.75) is 0 Å². The fourth-order valence-electron chi connectivity index (χ4n) is 6.75. The monoisotopic (exact) mass is 605 g/mol. The number of aromatic nitrogens is 3. The molecule has 10 aromatic rings. The summed E-state index contributed by atoms with van der Waals surface area (Å²) in [6, 6.07) is 48.5. The zero-order valence-corrected chi connectivity index (χ0v) is 25.3. The van der Waals surface area contributed by atoms with Crippen LogP contribution in [0.25, 0.3) is 97.8 Å². The highest BCUT2D eigenvalue weighted by atomic mass is 32.1. The molecular weight excluding hydrogens is 583 g/mol. The molecule has 0 bridgehead atoms. The summed E-state index contributed by atoms with van der Waals surface area (Å²) in [6.07, 6.45) is 0. The van der Waals surface area contributed by atoms with Crippen molar-refractivity contribution in [2.24, 2.45) is 0 Å². The molecule has 10 rings (SSSR count). The van der Waals surface area contributed by atoms with E-state index in [9.17, 15) is 0 Å². The first-order valence-corrected chi connectivity index (χ1v) is 16.1. The standard InChI is InChI=1S/C41H23N3OS/c1-2-11-25(12-3-1)39-42-40(26-19-20-29-28-14-6-8-16-34(28)45-35(29)22-26)44-41(43-39)33-23-32-30-15-7-9-17-36(30)46-38(32)37-27-13-5-4-10-24(27)18-21-31(33)37/h1-23H. The van der Waals surface area contributed by atoms with E-state index in [1.54, 1.807) is 0 Å². The van der Waals surface area contributed by atoms with E-state index in [4.69, 9.17) is 19.4 Å². The molecule has 0 atom stereocenters. The maximum absolute atomic E-state index is 6.25. The third-order valence-electron chi connectivity index (χ3n) is 8.91. The van der Waals surface area contributed by atoms with Gasteiger partial charge in [-0.25, -0.2) is 15.0 Å². The maximum atomic E-state index is 6.25. The van der Waals surface area contributed by atoms with E-state index in [-0.39, 0.29) is 0 Å². The Labute approximate surface area is 267 Å². The molecule has 0 unspecified atom stereocenters. The molecule has 46 heavy (non-hydrogen) atoms. The van der Waals surface area contributed by atoms with Crippen molar-refractivity contribution in [3.05, 3.63) is 140 Å². The molecule has 0 aliphatic rings. The minimum atomic E-state index is 0.607. The zero-order chi connectivity index (χ0) is 30.2. The molecule has 0 saturated heterocycles. The highest BCUT2D eigenvalue weighted by Gasteiger charge is 2.20. The van der Waals surface area contributed by atoms with Gasteiger partial charge in [-0.15, -0.1) is 11.3 Å². The van der Waals surface area contributed by atoms with Crippen molar-refractivity contribution in [3.8, 4) is 34.2 Å². The van der Waals surface area contributed by atoms with Gasteiger partial charge in [0, 0.05) is 53.0 Å². The largest absolute Gasteiger partial charge is 0.456 e. The first-order chi connectivity index (χ1) is 22.8. The number of fused-ring (bicyclic) bond motifs is 10. The summed E-state index contributed by atoms with van der Waals surface area (Å²) in [7, 11) is 0. The van der Waals surface area contributed by atoms with E-state index >= 15 is 0 Å². The average Bonchev–Trinajstić information content (AvgIpc) is 3.69. The van der Waals surface area contributed by atoms with E-state index < -0.39 is 0 Å². The van der Waals surface area contributed by atoms with Crippen LogP contribution in [-0.2, 0) is 0 Å². The fourth-order valence-corrected chi connectivity index (χ4v) is 8.00. The molecule has 7 aromatic carbocycles. The molecule has 0 radical (unpaired) electrons. The van der Waals surface area contributed by atoms with Gasteiger partial charge in [0.1, 0.15) is 11.2 Å². The van der Waals surface area contributed by atoms with Gasteiger partial charge in [0.2, 0.25) is 0 Å². The lowest BCUT2D eigenvalue weighted by atomic mass is 9.95. The topological polar surface area (TPSA) is 51.8 Å². The Balaban J connectivity index is 1.29. The van der Waals surface area contributed by atoms with Crippen LogP contribution in [0.4, 0.5) is 0 Å². The van der Waals surface area contributed by atoms with E-state index in [1.807, 2.05) is 65.9 Å². The van der Waals surface area contributed by atoms with Crippen LogP contribution in [0.2, 0.25) is 0 Å². The molecule has 214 valence electrons. The lowest BCUT2D eigenvalue weighted by Gasteiger charge is -2.13. The molecule has 4 nitrogen and oxygen atoms in total. The van der Waals surface area contributed by atoms with Gasteiger partial charge >= 0.3 is 0 Å². The molecule has 0 N–H and O–H groups in total. The molecule has 0 fully saturated rings. The number of hydrogen-bond donors (Lipinski definition) is 0. The fraction of sp³-hybridized carbons (Fsp3) is 0. The Hall–Kier alpha value is -5.91. The van der Waals surface area contributed by atoms with Crippen molar-refractivity contribution >= 4 is 75.0 Å². The molecule has 0 aliphatic carbocycles. The van der Waals surface area contributed by atoms with Gasteiger partial charge < -0.3 is 4.42 Å². The van der Waals surface area contributed by atoms with E-state index in [0.717, 1.165) is 44.0 Å². The minimum Gasteiger partial charge on any atom is -0.456 e. The van der Waals surface area contributed by atoms with Crippen molar-refractivity contribution in [1.82, 2.24) is 15.0 Å². The summed E-state index contributed by atoms with van der Waals surface area (Å²) >= 11 is 1.85. The van der Waals surface area contributed by atoms with Crippen LogP contribution < -0.4 is 0 Å². The van der Waals surface area contributed by atoms with Crippen molar-refractivity contribution in [1.29, 1.82) is 0 Å². The van der Waals surface area contributed by atoms with Crippen LogP contribution in [0, 0.1) is 0 Å². The van der Waals surface area contributed by atoms with E-state index in [2.05, 4.69) is 84.9 Å². The quantitative estimate of drug-likeness (QED) is 0.188. The van der Waals surface area contributed by atoms with Crippen LogP contribution in [-0.4, -0.2) is 15.0 Å². The maximum Gasteiger partial charge on any atom is 0.164 e. The second-order valence-corrected chi connectivity index (χ2v) is 12.6. The number of thiophene rings is 1. The van der Waals surface area contributed by atoms with Gasteiger partial charge in [-0.3, -0.25) is 0 Å². The summed E-state index contributed by atoms with van der Waals surface area (Å²) in [5.41, 5.74) is 4.48. The predicted octanol–water partition coefficient (Wildman–Crippen LogP) is 11.4. The van der Waals surface area contributed by atoms with Crippen LogP contribution in [0.1, 0.15) is 0 Å². The first-order valence-electron chi connectivity index (χ1n) is 15.3. The first kappa shape index (κ1) is 25.4. The van der Waals surface area contributed by atoms with Gasteiger partial charge in [0.05, 0.1) is 0 Å². The molecular formula is C41H23N3OS. The molecule has 3 heterocycles. The minimum absolute atomic E-state index is 0.607. The van der Waals surface area contributed by atoms with Crippen molar-refractivity contribution in [3.63, 3.8) is 0 Å². The highest BCUT2D eigenvalue weighted by molar-refractivity contribution is 7.26. The Bertz CT molecular complexity index is 2820. The average molecular weight is 606 g/mol. The highest BCUT2D eigenvalue weighted by Crippen LogP contribution is 2.45. The number of hydrogen-bond acceptors (Lipinski definition) is 5. The summed E-state index contributed by atoms with van der Waals surface area (Å²) in [5, 5.41) is 9.43.